The largest absolute Gasteiger partial charge is 0.332 e. The molecule has 6 nitrogen and oxygen atoms in total. The fraction of sp³-hybridized carbons (Fsp3) is 0.0222. The first kappa shape index (κ1) is 29.0. The van der Waals surface area contributed by atoms with Crippen molar-refractivity contribution in [1.29, 1.82) is 0 Å². The molecule has 0 aliphatic carbocycles. The van der Waals surface area contributed by atoms with Crippen molar-refractivity contribution in [3.8, 4) is 39.6 Å². The van der Waals surface area contributed by atoms with Gasteiger partial charge in [-0.1, -0.05) is 127 Å². The molecule has 0 spiro atoms. The smallest absolute Gasteiger partial charge is 0.163 e. The lowest BCUT2D eigenvalue weighted by Crippen LogP contribution is -2.08. The number of para-hydroxylation sites is 3. The normalized spacial score (nSPS) is 11.6. The molecule has 6 aromatic carbocycles. The van der Waals surface area contributed by atoms with Crippen molar-refractivity contribution < 1.29 is 0 Å². The zero-order chi connectivity index (χ0) is 33.7. The lowest BCUT2D eigenvalue weighted by molar-refractivity contribution is 0.786. The molecule has 4 aromatic heterocycles. The van der Waals surface area contributed by atoms with Gasteiger partial charge in [-0.2, -0.15) is 0 Å². The van der Waals surface area contributed by atoms with E-state index in [-0.39, 0.29) is 0 Å². The Bertz CT molecular complexity index is 2820. The van der Waals surface area contributed by atoms with Crippen molar-refractivity contribution in [3.05, 3.63) is 176 Å². The van der Waals surface area contributed by atoms with E-state index in [9.17, 15) is 0 Å². The fourth-order valence-corrected chi connectivity index (χ4v) is 7.55. The van der Waals surface area contributed by atoms with Crippen molar-refractivity contribution in [2.75, 3.05) is 0 Å². The van der Waals surface area contributed by atoms with Gasteiger partial charge in [0.25, 0.3) is 0 Å². The molecule has 0 saturated heterocycles. The van der Waals surface area contributed by atoms with E-state index in [1.807, 2.05) is 48.8 Å². The maximum Gasteiger partial charge on any atom is 0.163 e. The van der Waals surface area contributed by atoms with Gasteiger partial charge in [0.1, 0.15) is 0 Å². The highest BCUT2D eigenvalue weighted by atomic mass is 15.1. The zero-order valence-electron chi connectivity index (χ0n) is 27.6. The molecule has 10 rings (SSSR count). The second kappa shape index (κ2) is 11.9. The van der Waals surface area contributed by atoms with Crippen LogP contribution in [0.2, 0.25) is 0 Å². The molecule has 0 bridgehead atoms. The number of rotatable bonds is 6. The number of aromatic nitrogens is 6. The predicted molar refractivity (Wildman–Crippen MR) is 207 cm³/mol. The van der Waals surface area contributed by atoms with E-state index < -0.39 is 0 Å². The molecule has 0 atom stereocenters. The molecule has 0 saturated carbocycles. The molecule has 6 heteroatoms. The second-order valence-corrected chi connectivity index (χ2v) is 12.7. The molecule has 0 aliphatic rings. The third kappa shape index (κ3) is 4.80. The van der Waals surface area contributed by atoms with Crippen LogP contribution < -0.4 is 0 Å². The van der Waals surface area contributed by atoms with Crippen LogP contribution >= 0.6 is 0 Å². The van der Waals surface area contributed by atoms with Crippen molar-refractivity contribution in [2.45, 2.75) is 6.54 Å². The summed E-state index contributed by atoms with van der Waals surface area (Å²) in [4.78, 5) is 19.7. The van der Waals surface area contributed by atoms with Crippen LogP contribution in [0.25, 0.3) is 83.2 Å². The molecular formula is C45H30N6. The summed E-state index contributed by atoms with van der Waals surface area (Å²) in [7, 11) is 0. The SMILES string of the molecule is c1ccc(-c2nc(Cn3c4ccccc4c4cccc(-c5cccc6c5c5ccncc5n6-c5ccccc5)c43)nc(-c3ccccc3)n2)cc1. The first-order chi connectivity index (χ1) is 25.3. The highest BCUT2D eigenvalue weighted by molar-refractivity contribution is 6.20. The van der Waals surface area contributed by atoms with Crippen LogP contribution in [0, 0.1) is 0 Å². The van der Waals surface area contributed by atoms with Gasteiger partial charge in [0.2, 0.25) is 0 Å². The van der Waals surface area contributed by atoms with Gasteiger partial charge in [-0.3, -0.25) is 4.98 Å². The van der Waals surface area contributed by atoms with Crippen LogP contribution in [0.5, 0.6) is 0 Å². The fourth-order valence-electron chi connectivity index (χ4n) is 7.55. The molecular weight excluding hydrogens is 625 g/mol. The summed E-state index contributed by atoms with van der Waals surface area (Å²) in [5, 5.41) is 4.74. The minimum atomic E-state index is 0.467. The van der Waals surface area contributed by atoms with Crippen molar-refractivity contribution in [1.82, 2.24) is 29.1 Å². The van der Waals surface area contributed by atoms with Crippen LogP contribution in [0.4, 0.5) is 0 Å². The minimum absolute atomic E-state index is 0.467. The van der Waals surface area contributed by atoms with E-state index >= 15 is 0 Å². The molecule has 0 aliphatic heterocycles. The predicted octanol–water partition coefficient (Wildman–Crippen LogP) is 10.5. The van der Waals surface area contributed by atoms with Gasteiger partial charge in [0.05, 0.1) is 29.3 Å². The van der Waals surface area contributed by atoms with Crippen molar-refractivity contribution in [2.24, 2.45) is 0 Å². The Balaban J connectivity index is 1.24. The summed E-state index contributed by atoms with van der Waals surface area (Å²) in [6.07, 6.45) is 3.86. The van der Waals surface area contributed by atoms with Crippen LogP contribution in [0.1, 0.15) is 5.82 Å². The lowest BCUT2D eigenvalue weighted by atomic mass is 9.97. The number of hydrogen-bond donors (Lipinski definition) is 0. The van der Waals surface area contributed by atoms with Crippen LogP contribution in [-0.4, -0.2) is 29.1 Å². The number of hydrogen-bond acceptors (Lipinski definition) is 4. The number of fused-ring (bicyclic) bond motifs is 6. The molecule has 4 heterocycles. The Morgan fingerprint density at radius 1 is 0.451 bits per heavy atom. The van der Waals surface area contributed by atoms with Crippen molar-refractivity contribution in [3.63, 3.8) is 0 Å². The molecule has 0 N–H and O–H groups in total. The molecule has 0 fully saturated rings. The highest BCUT2D eigenvalue weighted by Crippen LogP contribution is 2.42. The summed E-state index contributed by atoms with van der Waals surface area (Å²) in [5.41, 5.74) is 9.82. The highest BCUT2D eigenvalue weighted by Gasteiger charge is 2.21. The molecule has 10 aromatic rings. The topological polar surface area (TPSA) is 61.4 Å². The van der Waals surface area contributed by atoms with Crippen LogP contribution in [-0.2, 0) is 6.54 Å². The monoisotopic (exact) mass is 654 g/mol. The minimum Gasteiger partial charge on any atom is -0.332 e. The Kier molecular flexibility index (Phi) is 6.77. The molecule has 240 valence electrons. The summed E-state index contributed by atoms with van der Waals surface area (Å²) in [6, 6.07) is 54.9. The van der Waals surface area contributed by atoms with Gasteiger partial charge in [0, 0.05) is 55.6 Å². The van der Waals surface area contributed by atoms with Gasteiger partial charge in [0.15, 0.2) is 17.5 Å². The van der Waals surface area contributed by atoms with E-state index in [1.54, 1.807) is 0 Å². The van der Waals surface area contributed by atoms with E-state index in [1.165, 1.54) is 21.7 Å². The number of pyridine rings is 1. The Morgan fingerprint density at radius 2 is 1.06 bits per heavy atom. The average Bonchev–Trinajstić information content (AvgIpc) is 3.72. The summed E-state index contributed by atoms with van der Waals surface area (Å²) in [5.74, 6) is 2.02. The van der Waals surface area contributed by atoms with Crippen LogP contribution in [0.3, 0.4) is 0 Å². The second-order valence-electron chi connectivity index (χ2n) is 12.7. The van der Waals surface area contributed by atoms with E-state index in [2.05, 4.69) is 135 Å². The standard InChI is InChI=1S/C45H30N6/c1-4-14-30(15-5-1)44-47-41(48-45(49-44)31-16-6-2-7-17-31)29-50-38-24-11-10-20-33(38)35-22-12-23-36(43(35)50)34-21-13-25-39-42(34)37-26-27-46-28-40(37)51(39)32-18-8-3-9-19-32/h1-28H,29H2. The Hall–Kier alpha value is -6.92. The number of benzene rings is 6. The Morgan fingerprint density at radius 3 is 1.80 bits per heavy atom. The van der Waals surface area contributed by atoms with Crippen molar-refractivity contribution >= 4 is 43.6 Å². The lowest BCUT2D eigenvalue weighted by Gasteiger charge is -2.14. The van der Waals surface area contributed by atoms with E-state index in [0.29, 0.717) is 24.0 Å². The first-order valence-corrected chi connectivity index (χ1v) is 17.1. The molecule has 51 heavy (non-hydrogen) atoms. The van der Waals surface area contributed by atoms with Gasteiger partial charge < -0.3 is 9.13 Å². The summed E-state index contributed by atoms with van der Waals surface area (Å²) >= 11 is 0. The Labute approximate surface area is 294 Å². The number of nitrogens with zero attached hydrogens (tertiary/aromatic N) is 6. The quantitative estimate of drug-likeness (QED) is 0.179. The van der Waals surface area contributed by atoms with Gasteiger partial charge in [-0.05, 0) is 35.9 Å². The maximum atomic E-state index is 5.09. The molecule has 0 amide bonds. The average molecular weight is 655 g/mol. The van der Waals surface area contributed by atoms with Gasteiger partial charge in [-0.15, -0.1) is 0 Å². The van der Waals surface area contributed by atoms with Gasteiger partial charge >= 0.3 is 0 Å². The van der Waals surface area contributed by atoms with Crippen LogP contribution in [0.15, 0.2) is 170 Å². The molecule has 0 unspecified atom stereocenters. The first-order valence-electron chi connectivity index (χ1n) is 17.1. The third-order valence-corrected chi connectivity index (χ3v) is 9.73. The summed E-state index contributed by atoms with van der Waals surface area (Å²) in [6.45, 7) is 0.467. The summed E-state index contributed by atoms with van der Waals surface area (Å²) < 4.78 is 4.70. The maximum absolute atomic E-state index is 5.09. The van der Waals surface area contributed by atoms with E-state index in [4.69, 9.17) is 15.0 Å². The zero-order valence-corrected chi connectivity index (χ0v) is 27.6. The van der Waals surface area contributed by atoms with Gasteiger partial charge in [-0.25, -0.2) is 15.0 Å². The third-order valence-electron chi connectivity index (χ3n) is 9.73. The van der Waals surface area contributed by atoms with E-state index in [0.717, 1.165) is 49.8 Å². The molecule has 0 radical (unpaired) electrons.